The van der Waals surface area contributed by atoms with Gasteiger partial charge in [0.25, 0.3) is 0 Å². The van der Waals surface area contributed by atoms with Crippen LogP contribution in [0.2, 0.25) is 0 Å². The van der Waals surface area contributed by atoms with E-state index >= 15 is 0 Å². The summed E-state index contributed by atoms with van der Waals surface area (Å²) in [6.07, 6.45) is 0. The second kappa shape index (κ2) is 8.75. The minimum absolute atomic E-state index is 0.00807. The van der Waals surface area contributed by atoms with Crippen molar-refractivity contribution in [1.82, 2.24) is 10.2 Å². The highest BCUT2D eigenvalue weighted by molar-refractivity contribution is 5.92. The number of carbonyl (C=O) groups excluding carboxylic acids is 2. The van der Waals surface area contributed by atoms with Gasteiger partial charge in [-0.15, -0.1) is 0 Å². The third kappa shape index (κ3) is 3.91. The van der Waals surface area contributed by atoms with Gasteiger partial charge in [0.2, 0.25) is 11.8 Å². The summed E-state index contributed by atoms with van der Waals surface area (Å²) in [6.45, 7) is 2.85. The van der Waals surface area contributed by atoms with E-state index < -0.39 is 5.92 Å². The molecule has 3 aromatic carbocycles. The lowest BCUT2D eigenvalue weighted by Gasteiger charge is -2.36. The Hall–Kier alpha value is -3.80. The number of carbonyl (C=O) groups is 2. The van der Waals surface area contributed by atoms with E-state index in [0.717, 1.165) is 24.2 Å². The third-order valence-corrected chi connectivity index (χ3v) is 6.11. The molecule has 2 aliphatic heterocycles. The quantitative estimate of drug-likeness (QED) is 0.693. The first-order valence-corrected chi connectivity index (χ1v) is 10.9. The van der Waals surface area contributed by atoms with Crippen LogP contribution in [0.4, 0.5) is 5.69 Å². The molecule has 1 fully saturated rings. The number of ether oxygens (including phenoxy) is 1. The van der Waals surface area contributed by atoms with Gasteiger partial charge in [0.15, 0.2) is 0 Å². The van der Waals surface area contributed by atoms with Crippen molar-refractivity contribution < 1.29 is 14.3 Å². The predicted molar refractivity (Wildman–Crippen MR) is 123 cm³/mol. The van der Waals surface area contributed by atoms with Crippen molar-refractivity contribution in [2.24, 2.45) is 0 Å². The highest BCUT2D eigenvalue weighted by atomic mass is 16.5. The summed E-state index contributed by atoms with van der Waals surface area (Å²) in [6, 6.07) is 25.3. The van der Waals surface area contributed by atoms with Crippen molar-refractivity contribution in [3.8, 4) is 11.5 Å². The van der Waals surface area contributed by atoms with Crippen molar-refractivity contribution in [1.29, 1.82) is 0 Å². The maximum atomic E-state index is 13.2. The van der Waals surface area contributed by atoms with Crippen LogP contribution in [-0.4, -0.2) is 49.4 Å². The number of hydrogen-bond acceptors (Lipinski definition) is 4. The molecule has 2 aliphatic rings. The van der Waals surface area contributed by atoms with E-state index in [4.69, 9.17) is 4.74 Å². The van der Waals surface area contributed by atoms with Gasteiger partial charge in [0.1, 0.15) is 11.5 Å². The number of rotatable bonds is 4. The monoisotopic (exact) mass is 427 g/mol. The molecule has 2 heterocycles. The van der Waals surface area contributed by atoms with E-state index in [9.17, 15) is 9.59 Å². The predicted octanol–water partition coefficient (Wildman–Crippen LogP) is 3.39. The Balaban J connectivity index is 1.23. The van der Waals surface area contributed by atoms with Gasteiger partial charge in [-0.05, 0) is 24.3 Å². The first kappa shape index (κ1) is 20.1. The molecule has 32 heavy (non-hydrogen) atoms. The van der Waals surface area contributed by atoms with Crippen molar-refractivity contribution in [2.45, 2.75) is 5.92 Å². The van der Waals surface area contributed by atoms with Gasteiger partial charge in [0.05, 0.1) is 12.5 Å². The van der Waals surface area contributed by atoms with E-state index in [1.807, 2.05) is 71.6 Å². The van der Waals surface area contributed by atoms with Gasteiger partial charge in [-0.3, -0.25) is 9.59 Å². The zero-order chi connectivity index (χ0) is 21.9. The molecule has 0 aromatic heterocycles. The van der Waals surface area contributed by atoms with Gasteiger partial charge in [-0.1, -0.05) is 54.6 Å². The molecule has 162 valence electrons. The van der Waals surface area contributed by atoms with E-state index in [1.54, 1.807) is 0 Å². The summed E-state index contributed by atoms with van der Waals surface area (Å²) in [5, 5.41) is 2.87. The van der Waals surface area contributed by atoms with Crippen molar-refractivity contribution in [3.05, 3.63) is 90.0 Å². The number of para-hydroxylation sites is 3. The van der Waals surface area contributed by atoms with Gasteiger partial charge < -0.3 is 19.9 Å². The number of hydrogen-bond donors (Lipinski definition) is 1. The number of amides is 2. The summed E-state index contributed by atoms with van der Waals surface area (Å²) >= 11 is 0. The Morgan fingerprint density at radius 1 is 0.781 bits per heavy atom. The van der Waals surface area contributed by atoms with E-state index in [2.05, 4.69) is 22.3 Å². The van der Waals surface area contributed by atoms with Crippen molar-refractivity contribution in [3.63, 3.8) is 0 Å². The molecule has 0 saturated carbocycles. The summed E-state index contributed by atoms with van der Waals surface area (Å²) in [7, 11) is 0. The topological polar surface area (TPSA) is 61.9 Å². The highest BCUT2D eigenvalue weighted by Gasteiger charge is 2.33. The number of nitrogens with zero attached hydrogens (tertiary/aromatic N) is 2. The molecule has 0 spiro atoms. The minimum Gasteiger partial charge on any atom is -0.457 e. The number of piperazine rings is 1. The van der Waals surface area contributed by atoms with E-state index in [1.165, 1.54) is 5.69 Å². The lowest BCUT2D eigenvalue weighted by Crippen LogP contribution is -2.51. The fourth-order valence-electron chi connectivity index (χ4n) is 4.42. The smallest absolute Gasteiger partial charge is 0.242 e. The van der Waals surface area contributed by atoms with Crippen LogP contribution < -0.4 is 15.0 Å². The first-order valence-electron chi connectivity index (χ1n) is 10.9. The lowest BCUT2D eigenvalue weighted by atomic mass is 9.87. The van der Waals surface area contributed by atoms with Crippen LogP contribution in [0.5, 0.6) is 11.5 Å². The van der Waals surface area contributed by atoms with E-state index in [0.29, 0.717) is 24.6 Å². The molecule has 0 aliphatic carbocycles. The maximum absolute atomic E-state index is 13.2. The molecule has 6 nitrogen and oxygen atoms in total. The van der Waals surface area contributed by atoms with Crippen LogP contribution in [0, 0.1) is 0 Å². The molecular weight excluding hydrogens is 402 g/mol. The average molecular weight is 428 g/mol. The molecule has 2 amide bonds. The number of benzene rings is 3. The second-order valence-electron chi connectivity index (χ2n) is 8.03. The minimum atomic E-state index is -0.501. The van der Waals surface area contributed by atoms with Crippen molar-refractivity contribution >= 4 is 17.5 Å². The normalized spacial score (nSPS) is 15.4. The summed E-state index contributed by atoms with van der Waals surface area (Å²) in [5.41, 5.74) is 2.80. The Kier molecular flexibility index (Phi) is 5.50. The highest BCUT2D eigenvalue weighted by Crippen LogP contribution is 2.43. The van der Waals surface area contributed by atoms with Gasteiger partial charge >= 0.3 is 0 Å². The number of fused-ring (bicyclic) bond motifs is 2. The summed E-state index contributed by atoms with van der Waals surface area (Å²) < 4.78 is 5.97. The maximum Gasteiger partial charge on any atom is 0.242 e. The Morgan fingerprint density at radius 3 is 1.97 bits per heavy atom. The Bertz CT molecular complexity index is 1080. The molecule has 1 saturated heterocycles. The molecule has 1 N–H and O–H groups in total. The van der Waals surface area contributed by atoms with Crippen LogP contribution in [0.1, 0.15) is 17.0 Å². The number of nitrogens with one attached hydrogen (secondary N) is 1. The van der Waals surface area contributed by atoms with Gasteiger partial charge in [-0.25, -0.2) is 0 Å². The van der Waals surface area contributed by atoms with E-state index in [-0.39, 0.29) is 18.4 Å². The zero-order valence-electron chi connectivity index (χ0n) is 17.7. The average Bonchev–Trinajstić information content (AvgIpc) is 2.86. The van der Waals surface area contributed by atoms with Crippen LogP contribution in [0.3, 0.4) is 0 Å². The molecule has 6 heteroatoms. The largest absolute Gasteiger partial charge is 0.457 e. The van der Waals surface area contributed by atoms with Crippen LogP contribution >= 0.6 is 0 Å². The fraction of sp³-hybridized carbons (Fsp3) is 0.231. The summed E-state index contributed by atoms with van der Waals surface area (Å²) in [5.74, 6) is 0.604. The fourth-order valence-corrected chi connectivity index (χ4v) is 4.42. The Labute approximate surface area is 187 Å². The van der Waals surface area contributed by atoms with Gasteiger partial charge in [-0.2, -0.15) is 0 Å². The van der Waals surface area contributed by atoms with Crippen LogP contribution in [-0.2, 0) is 9.59 Å². The standard InChI is InChI=1S/C26H25N3O3/c30-24(29-16-14-28(15-17-29)19-8-2-1-3-9-19)18-27-26(31)25-20-10-4-6-12-22(20)32-23-13-7-5-11-21(23)25/h1-13,25H,14-18H2,(H,27,31). The zero-order valence-corrected chi connectivity index (χ0v) is 17.7. The lowest BCUT2D eigenvalue weighted by molar-refractivity contribution is -0.133. The SMILES string of the molecule is O=C(NCC(=O)N1CCN(c2ccccc2)CC1)C1c2ccccc2Oc2ccccc21. The van der Waals surface area contributed by atoms with Crippen LogP contribution in [0.15, 0.2) is 78.9 Å². The number of anilines is 1. The molecule has 0 radical (unpaired) electrons. The molecule has 0 bridgehead atoms. The van der Waals surface area contributed by atoms with Crippen molar-refractivity contribution in [2.75, 3.05) is 37.6 Å². The molecule has 0 unspecified atom stereocenters. The molecule has 3 aromatic rings. The first-order chi connectivity index (χ1) is 15.7. The second-order valence-corrected chi connectivity index (χ2v) is 8.03. The molecule has 0 atom stereocenters. The molecular formula is C26H25N3O3. The summed E-state index contributed by atoms with van der Waals surface area (Å²) in [4.78, 5) is 30.1. The Morgan fingerprint density at radius 2 is 1.34 bits per heavy atom. The molecule has 5 rings (SSSR count). The van der Waals surface area contributed by atoms with Crippen LogP contribution in [0.25, 0.3) is 0 Å². The third-order valence-electron chi connectivity index (χ3n) is 6.11. The van der Waals surface area contributed by atoms with Gasteiger partial charge in [0, 0.05) is 43.0 Å².